The highest BCUT2D eigenvalue weighted by molar-refractivity contribution is 6.29. The molecule has 112 valence electrons. The van der Waals surface area contributed by atoms with Gasteiger partial charge in [0.05, 0.1) is 0 Å². The maximum atomic E-state index is 6.04. The molecule has 2 rings (SSSR count). The predicted octanol–water partition coefficient (Wildman–Crippen LogP) is 4.86. The van der Waals surface area contributed by atoms with E-state index in [1.807, 2.05) is 6.07 Å². The molecule has 0 spiro atoms. The van der Waals surface area contributed by atoms with Crippen LogP contribution < -0.4 is 5.32 Å². The van der Waals surface area contributed by atoms with E-state index >= 15 is 0 Å². The highest BCUT2D eigenvalue weighted by atomic mass is 35.5. The van der Waals surface area contributed by atoms with Crippen LogP contribution in [0, 0.1) is 0 Å². The minimum absolute atomic E-state index is 0.271. The summed E-state index contributed by atoms with van der Waals surface area (Å²) in [7, 11) is 0. The zero-order valence-electron chi connectivity index (χ0n) is 12.8. The number of halogens is 1. The summed E-state index contributed by atoms with van der Waals surface area (Å²) in [5.41, 5.74) is 1.36. The van der Waals surface area contributed by atoms with Crippen LogP contribution in [0.5, 0.6) is 0 Å². The fraction of sp³-hybridized carbons (Fsp3) is 0.412. The van der Waals surface area contributed by atoms with Gasteiger partial charge in [-0.1, -0.05) is 62.7 Å². The number of hydrogen-bond acceptors (Lipinski definition) is 3. The number of anilines is 1. The van der Waals surface area contributed by atoms with Crippen LogP contribution in [0.4, 0.5) is 5.82 Å². The summed E-state index contributed by atoms with van der Waals surface area (Å²) in [6.45, 7) is 7.23. The van der Waals surface area contributed by atoms with Crippen molar-refractivity contribution in [2.45, 2.75) is 39.0 Å². The van der Waals surface area contributed by atoms with Crippen LogP contribution in [-0.2, 0) is 0 Å². The molecule has 0 radical (unpaired) electrons. The molecule has 0 aliphatic carbocycles. The Morgan fingerprint density at radius 2 is 1.81 bits per heavy atom. The summed E-state index contributed by atoms with van der Waals surface area (Å²) in [5.74, 6) is 2.37. The number of benzene rings is 1. The van der Waals surface area contributed by atoms with Crippen LogP contribution in [0.1, 0.15) is 50.4 Å². The second-order valence-electron chi connectivity index (χ2n) is 5.62. The first-order valence-electron chi connectivity index (χ1n) is 7.39. The molecule has 0 aliphatic rings. The van der Waals surface area contributed by atoms with Crippen molar-refractivity contribution in [3.63, 3.8) is 0 Å². The lowest BCUT2D eigenvalue weighted by Crippen LogP contribution is -2.09. The van der Waals surface area contributed by atoms with E-state index in [9.17, 15) is 0 Å². The number of nitrogens with one attached hydrogen (secondary N) is 1. The summed E-state index contributed by atoms with van der Waals surface area (Å²) in [6.07, 6.45) is 1.04. The van der Waals surface area contributed by atoms with E-state index in [1.54, 1.807) is 6.07 Å². The highest BCUT2D eigenvalue weighted by Gasteiger charge is 2.08. The molecule has 0 amide bonds. The average Bonchev–Trinajstić information content (AvgIpc) is 2.47. The molecule has 3 nitrogen and oxygen atoms in total. The first-order chi connectivity index (χ1) is 10.1. The van der Waals surface area contributed by atoms with Gasteiger partial charge in [0, 0.05) is 18.5 Å². The molecule has 1 atom stereocenters. The van der Waals surface area contributed by atoms with Gasteiger partial charge in [-0.2, -0.15) is 0 Å². The Morgan fingerprint density at radius 1 is 1.10 bits per heavy atom. The largest absolute Gasteiger partial charge is 0.370 e. The van der Waals surface area contributed by atoms with Gasteiger partial charge in [0.2, 0.25) is 0 Å². The third-order valence-corrected chi connectivity index (χ3v) is 3.67. The van der Waals surface area contributed by atoms with E-state index in [0.717, 1.165) is 24.6 Å². The van der Waals surface area contributed by atoms with Gasteiger partial charge in [-0.3, -0.25) is 0 Å². The van der Waals surface area contributed by atoms with Crippen molar-refractivity contribution < 1.29 is 0 Å². The van der Waals surface area contributed by atoms with Gasteiger partial charge in [0.15, 0.2) is 0 Å². The monoisotopic (exact) mass is 303 g/mol. The number of aromatic nitrogens is 2. The van der Waals surface area contributed by atoms with Gasteiger partial charge in [-0.15, -0.1) is 0 Å². The van der Waals surface area contributed by atoms with Crippen LogP contribution in [0.3, 0.4) is 0 Å². The van der Waals surface area contributed by atoms with E-state index in [2.05, 4.69) is 60.3 Å². The van der Waals surface area contributed by atoms with Crippen molar-refractivity contribution in [2.75, 3.05) is 11.9 Å². The van der Waals surface area contributed by atoms with Gasteiger partial charge < -0.3 is 5.32 Å². The quantitative estimate of drug-likeness (QED) is 0.774. The smallest absolute Gasteiger partial charge is 0.135 e. The Balaban J connectivity index is 1.91. The summed E-state index contributed by atoms with van der Waals surface area (Å²) < 4.78 is 0. The molecule has 4 heteroatoms. The fourth-order valence-corrected chi connectivity index (χ4v) is 2.34. The van der Waals surface area contributed by atoms with E-state index in [-0.39, 0.29) is 5.92 Å². The number of hydrogen-bond donors (Lipinski definition) is 1. The molecule has 1 heterocycles. The molecule has 1 N–H and O–H groups in total. The molecule has 1 aromatic heterocycles. The van der Waals surface area contributed by atoms with Gasteiger partial charge >= 0.3 is 0 Å². The normalized spacial score (nSPS) is 12.4. The lowest BCUT2D eigenvalue weighted by Gasteiger charge is -2.13. The average molecular weight is 304 g/mol. The van der Waals surface area contributed by atoms with Crippen molar-refractivity contribution in [1.82, 2.24) is 9.97 Å². The van der Waals surface area contributed by atoms with E-state index < -0.39 is 0 Å². The molecule has 0 saturated heterocycles. The molecule has 0 fully saturated rings. The van der Waals surface area contributed by atoms with Gasteiger partial charge in [0.1, 0.15) is 16.8 Å². The summed E-state index contributed by atoms with van der Waals surface area (Å²) in [4.78, 5) is 8.73. The predicted molar refractivity (Wildman–Crippen MR) is 89.1 cm³/mol. The Morgan fingerprint density at radius 3 is 2.48 bits per heavy atom. The second kappa shape index (κ2) is 7.41. The minimum Gasteiger partial charge on any atom is -0.370 e. The van der Waals surface area contributed by atoms with Crippen LogP contribution in [0.25, 0.3) is 0 Å². The van der Waals surface area contributed by atoms with Crippen molar-refractivity contribution in [3.8, 4) is 0 Å². The molecule has 2 aromatic rings. The standard InChI is InChI=1S/C17H22ClN3/c1-12(2)17-20-15(18)11-16(21-17)19-10-9-13(3)14-7-5-4-6-8-14/h4-8,11-13H,9-10H2,1-3H3,(H,19,20,21). The third-order valence-electron chi connectivity index (χ3n) is 3.48. The molecular weight excluding hydrogens is 282 g/mol. The van der Waals surface area contributed by atoms with Crippen molar-refractivity contribution in [2.24, 2.45) is 0 Å². The Hall–Kier alpha value is -1.61. The second-order valence-corrected chi connectivity index (χ2v) is 6.00. The Labute approximate surface area is 131 Å². The molecule has 0 saturated carbocycles. The minimum atomic E-state index is 0.271. The Bertz CT molecular complexity index is 570. The fourth-order valence-electron chi connectivity index (χ4n) is 2.15. The van der Waals surface area contributed by atoms with E-state index in [0.29, 0.717) is 11.1 Å². The Kier molecular flexibility index (Phi) is 5.57. The van der Waals surface area contributed by atoms with Crippen LogP contribution in [0.2, 0.25) is 5.15 Å². The van der Waals surface area contributed by atoms with Crippen molar-refractivity contribution in [1.29, 1.82) is 0 Å². The first-order valence-corrected chi connectivity index (χ1v) is 7.77. The van der Waals surface area contributed by atoms with Gasteiger partial charge in [-0.05, 0) is 17.9 Å². The SMILES string of the molecule is CC(C)c1nc(Cl)cc(NCCC(C)c2ccccc2)n1. The molecule has 1 unspecified atom stereocenters. The maximum Gasteiger partial charge on any atom is 0.135 e. The van der Waals surface area contributed by atoms with Gasteiger partial charge in [0.25, 0.3) is 0 Å². The van der Waals surface area contributed by atoms with E-state index in [1.165, 1.54) is 5.56 Å². The lowest BCUT2D eigenvalue weighted by atomic mass is 9.98. The first kappa shape index (κ1) is 15.8. The maximum absolute atomic E-state index is 6.04. The summed E-state index contributed by atoms with van der Waals surface area (Å²) in [6, 6.07) is 12.3. The molecule has 0 aliphatic heterocycles. The topological polar surface area (TPSA) is 37.8 Å². The third kappa shape index (κ3) is 4.71. The molecule has 1 aromatic carbocycles. The lowest BCUT2D eigenvalue weighted by molar-refractivity contribution is 0.702. The molecule has 0 bridgehead atoms. The molecule has 21 heavy (non-hydrogen) atoms. The number of nitrogens with zero attached hydrogens (tertiary/aromatic N) is 2. The summed E-state index contributed by atoms with van der Waals surface area (Å²) in [5, 5.41) is 3.84. The summed E-state index contributed by atoms with van der Waals surface area (Å²) >= 11 is 6.04. The zero-order valence-corrected chi connectivity index (χ0v) is 13.6. The van der Waals surface area contributed by atoms with E-state index in [4.69, 9.17) is 11.6 Å². The number of rotatable bonds is 6. The van der Waals surface area contributed by atoms with Crippen molar-refractivity contribution in [3.05, 3.63) is 52.9 Å². The van der Waals surface area contributed by atoms with Crippen LogP contribution in [0.15, 0.2) is 36.4 Å². The van der Waals surface area contributed by atoms with Gasteiger partial charge in [-0.25, -0.2) is 9.97 Å². The van der Waals surface area contributed by atoms with Crippen LogP contribution in [-0.4, -0.2) is 16.5 Å². The highest BCUT2D eigenvalue weighted by Crippen LogP contribution is 2.20. The zero-order chi connectivity index (χ0) is 15.2. The van der Waals surface area contributed by atoms with Crippen LogP contribution >= 0.6 is 11.6 Å². The molecular formula is C17H22ClN3. The van der Waals surface area contributed by atoms with Crippen molar-refractivity contribution >= 4 is 17.4 Å².